The molecule has 2 aromatic carbocycles. The van der Waals surface area contributed by atoms with Crippen LogP contribution in [0, 0.1) is 0 Å². The van der Waals surface area contributed by atoms with Crippen LogP contribution in [0.2, 0.25) is 5.02 Å². The van der Waals surface area contributed by atoms with Gasteiger partial charge in [-0.25, -0.2) is 0 Å². The Morgan fingerprint density at radius 3 is 2.76 bits per heavy atom. The maximum Gasteiger partial charge on any atom is 0.239 e. The Kier molecular flexibility index (Phi) is 5.46. The third-order valence-corrected chi connectivity index (χ3v) is 3.33. The Balaban J connectivity index is 1.81. The van der Waals surface area contributed by atoms with E-state index in [1.54, 1.807) is 13.2 Å². The highest BCUT2D eigenvalue weighted by Gasteiger charge is 2.04. The summed E-state index contributed by atoms with van der Waals surface area (Å²) < 4.78 is 5.12. The van der Waals surface area contributed by atoms with Gasteiger partial charge in [-0.3, -0.25) is 4.79 Å². The number of ether oxygens (including phenoxy) is 1. The minimum absolute atomic E-state index is 0.0993. The van der Waals surface area contributed by atoms with Crippen LogP contribution in [0.5, 0.6) is 5.75 Å². The second-order valence-corrected chi connectivity index (χ2v) is 4.86. The first-order valence-electron chi connectivity index (χ1n) is 6.57. The van der Waals surface area contributed by atoms with Gasteiger partial charge < -0.3 is 15.4 Å². The molecule has 0 unspecified atom stereocenters. The fourth-order valence-corrected chi connectivity index (χ4v) is 2.02. The molecule has 0 bridgehead atoms. The Bertz CT molecular complexity index is 617. The van der Waals surface area contributed by atoms with Gasteiger partial charge in [-0.1, -0.05) is 35.9 Å². The van der Waals surface area contributed by atoms with Crippen LogP contribution in [0.4, 0.5) is 5.69 Å². The average molecular weight is 305 g/mol. The van der Waals surface area contributed by atoms with Crippen LogP contribution < -0.4 is 15.4 Å². The molecule has 4 nitrogen and oxygen atoms in total. The van der Waals surface area contributed by atoms with Crippen LogP contribution >= 0.6 is 11.6 Å². The fourth-order valence-electron chi connectivity index (χ4n) is 1.81. The normalized spacial score (nSPS) is 10.0. The van der Waals surface area contributed by atoms with Crippen LogP contribution in [0.1, 0.15) is 5.56 Å². The van der Waals surface area contributed by atoms with Gasteiger partial charge >= 0.3 is 0 Å². The van der Waals surface area contributed by atoms with Crippen molar-refractivity contribution in [1.29, 1.82) is 0 Å². The number of hydrogen-bond donors (Lipinski definition) is 2. The van der Waals surface area contributed by atoms with E-state index in [2.05, 4.69) is 10.6 Å². The molecular formula is C16H17ClN2O2. The zero-order valence-corrected chi connectivity index (χ0v) is 12.5. The minimum Gasteiger partial charge on any atom is -0.497 e. The SMILES string of the molecule is COc1cccc(NCC(=O)NCc2ccccc2Cl)c1. The zero-order chi connectivity index (χ0) is 15.1. The monoisotopic (exact) mass is 304 g/mol. The smallest absolute Gasteiger partial charge is 0.239 e. The molecule has 0 radical (unpaired) electrons. The summed E-state index contributed by atoms with van der Waals surface area (Å²) >= 11 is 6.03. The van der Waals surface area contributed by atoms with Crippen molar-refractivity contribution in [3.8, 4) is 5.75 Å². The highest BCUT2D eigenvalue weighted by molar-refractivity contribution is 6.31. The molecule has 110 valence electrons. The quantitative estimate of drug-likeness (QED) is 0.862. The van der Waals surface area contributed by atoms with Gasteiger partial charge in [0.25, 0.3) is 0 Å². The molecule has 0 fully saturated rings. The number of benzene rings is 2. The predicted molar refractivity (Wildman–Crippen MR) is 84.8 cm³/mol. The molecule has 0 atom stereocenters. The molecule has 0 aromatic heterocycles. The molecule has 0 aliphatic rings. The Morgan fingerprint density at radius 1 is 1.19 bits per heavy atom. The second kappa shape index (κ2) is 7.55. The second-order valence-electron chi connectivity index (χ2n) is 4.45. The topological polar surface area (TPSA) is 50.4 Å². The summed E-state index contributed by atoms with van der Waals surface area (Å²) in [5.74, 6) is 0.647. The number of amides is 1. The van der Waals surface area contributed by atoms with E-state index in [0.717, 1.165) is 17.0 Å². The van der Waals surface area contributed by atoms with E-state index in [0.29, 0.717) is 11.6 Å². The average Bonchev–Trinajstić information content (AvgIpc) is 2.52. The molecule has 2 aromatic rings. The first kappa shape index (κ1) is 15.2. The van der Waals surface area contributed by atoms with Gasteiger partial charge in [0.2, 0.25) is 5.91 Å². The van der Waals surface area contributed by atoms with Crippen molar-refractivity contribution in [2.75, 3.05) is 19.0 Å². The van der Waals surface area contributed by atoms with Crippen LogP contribution in [0.15, 0.2) is 48.5 Å². The van der Waals surface area contributed by atoms with Crippen LogP contribution in [-0.2, 0) is 11.3 Å². The molecular weight excluding hydrogens is 288 g/mol. The van der Waals surface area contributed by atoms with E-state index in [9.17, 15) is 4.79 Å². The van der Waals surface area contributed by atoms with Gasteiger partial charge in [0, 0.05) is 23.3 Å². The van der Waals surface area contributed by atoms with Crippen LogP contribution in [0.25, 0.3) is 0 Å². The minimum atomic E-state index is -0.0993. The summed E-state index contributed by atoms with van der Waals surface area (Å²) in [5.41, 5.74) is 1.73. The van der Waals surface area contributed by atoms with Gasteiger partial charge in [-0.15, -0.1) is 0 Å². The number of methoxy groups -OCH3 is 1. The first-order valence-corrected chi connectivity index (χ1v) is 6.95. The van der Waals surface area contributed by atoms with Crippen LogP contribution in [0.3, 0.4) is 0 Å². The number of rotatable bonds is 6. The number of hydrogen-bond acceptors (Lipinski definition) is 3. The lowest BCUT2D eigenvalue weighted by molar-refractivity contribution is -0.119. The third kappa shape index (κ3) is 4.68. The molecule has 21 heavy (non-hydrogen) atoms. The summed E-state index contributed by atoms with van der Waals surface area (Å²) in [7, 11) is 1.61. The summed E-state index contributed by atoms with van der Waals surface area (Å²) in [4.78, 5) is 11.8. The molecule has 0 aliphatic carbocycles. The molecule has 5 heteroatoms. The van der Waals surface area contributed by atoms with Crippen molar-refractivity contribution < 1.29 is 9.53 Å². The van der Waals surface area contributed by atoms with Crippen molar-refractivity contribution in [3.63, 3.8) is 0 Å². The highest BCUT2D eigenvalue weighted by atomic mass is 35.5. The number of carbonyl (C=O) groups is 1. The van der Waals surface area contributed by atoms with E-state index >= 15 is 0 Å². The van der Waals surface area contributed by atoms with Crippen LogP contribution in [-0.4, -0.2) is 19.6 Å². The molecule has 0 saturated carbocycles. The number of carbonyl (C=O) groups excluding carboxylic acids is 1. The van der Waals surface area contributed by atoms with Gasteiger partial charge in [-0.05, 0) is 23.8 Å². The van der Waals surface area contributed by atoms with Crippen molar-refractivity contribution in [2.45, 2.75) is 6.54 Å². The molecule has 1 amide bonds. The van der Waals surface area contributed by atoms with Crippen molar-refractivity contribution >= 4 is 23.2 Å². The molecule has 0 saturated heterocycles. The maximum atomic E-state index is 11.8. The Labute approximate surface area is 129 Å². The fraction of sp³-hybridized carbons (Fsp3) is 0.188. The molecule has 0 spiro atoms. The van der Waals surface area contributed by atoms with Gasteiger partial charge in [0.1, 0.15) is 5.75 Å². The van der Waals surface area contributed by atoms with E-state index in [-0.39, 0.29) is 12.5 Å². The molecule has 0 heterocycles. The summed E-state index contributed by atoms with van der Waals surface area (Å²) in [6, 6.07) is 14.9. The van der Waals surface area contributed by atoms with E-state index < -0.39 is 0 Å². The van der Waals surface area contributed by atoms with Crippen molar-refractivity contribution in [1.82, 2.24) is 5.32 Å². The zero-order valence-electron chi connectivity index (χ0n) is 11.7. The molecule has 2 N–H and O–H groups in total. The Morgan fingerprint density at radius 2 is 2.00 bits per heavy atom. The maximum absolute atomic E-state index is 11.8. The lowest BCUT2D eigenvalue weighted by Crippen LogP contribution is -2.29. The van der Waals surface area contributed by atoms with E-state index in [1.807, 2.05) is 42.5 Å². The summed E-state index contributed by atoms with van der Waals surface area (Å²) in [5, 5.41) is 6.52. The number of halogens is 1. The van der Waals surface area contributed by atoms with Gasteiger partial charge in [0.05, 0.1) is 13.7 Å². The first-order chi connectivity index (χ1) is 10.2. The van der Waals surface area contributed by atoms with Crippen molar-refractivity contribution in [2.24, 2.45) is 0 Å². The lowest BCUT2D eigenvalue weighted by atomic mass is 10.2. The predicted octanol–water partition coefficient (Wildman–Crippen LogP) is 3.08. The van der Waals surface area contributed by atoms with Gasteiger partial charge in [0.15, 0.2) is 0 Å². The molecule has 0 aliphatic heterocycles. The largest absolute Gasteiger partial charge is 0.497 e. The standard InChI is InChI=1S/C16H17ClN2O2/c1-21-14-7-4-6-13(9-14)18-11-16(20)19-10-12-5-2-3-8-15(12)17/h2-9,18H,10-11H2,1H3,(H,19,20). The van der Waals surface area contributed by atoms with E-state index in [4.69, 9.17) is 16.3 Å². The highest BCUT2D eigenvalue weighted by Crippen LogP contribution is 2.16. The lowest BCUT2D eigenvalue weighted by Gasteiger charge is -2.09. The van der Waals surface area contributed by atoms with E-state index in [1.165, 1.54) is 0 Å². The summed E-state index contributed by atoms with van der Waals surface area (Å²) in [6.07, 6.45) is 0. The summed E-state index contributed by atoms with van der Waals surface area (Å²) in [6.45, 7) is 0.607. The third-order valence-electron chi connectivity index (χ3n) is 2.96. The van der Waals surface area contributed by atoms with Crippen molar-refractivity contribution in [3.05, 3.63) is 59.1 Å². The molecule has 2 rings (SSSR count). The van der Waals surface area contributed by atoms with Gasteiger partial charge in [-0.2, -0.15) is 0 Å². The Hall–Kier alpha value is -2.20. The number of nitrogens with one attached hydrogen (secondary N) is 2. The number of anilines is 1.